The standard InChI is InChI=1S/C15H18N4O2/c1-21-8-7-18-15(20)14-9-13(4-6-17-14)19-11-12-3-2-5-16-10-12/h2-6,9-10H,7-8,11H2,1H3,(H,17,19)(H,18,20). The van der Waals surface area contributed by atoms with Crippen LogP contribution >= 0.6 is 0 Å². The summed E-state index contributed by atoms with van der Waals surface area (Å²) in [6, 6.07) is 7.42. The highest BCUT2D eigenvalue weighted by Gasteiger charge is 2.07. The van der Waals surface area contributed by atoms with E-state index >= 15 is 0 Å². The number of amides is 1. The van der Waals surface area contributed by atoms with Gasteiger partial charge in [0.05, 0.1) is 6.61 Å². The van der Waals surface area contributed by atoms with Crippen molar-refractivity contribution in [2.75, 3.05) is 25.6 Å². The number of ether oxygens (including phenoxy) is 1. The molecule has 2 heterocycles. The van der Waals surface area contributed by atoms with Crippen LogP contribution in [-0.2, 0) is 11.3 Å². The molecule has 2 N–H and O–H groups in total. The van der Waals surface area contributed by atoms with Gasteiger partial charge in [0.1, 0.15) is 5.69 Å². The van der Waals surface area contributed by atoms with Crippen LogP contribution in [0.25, 0.3) is 0 Å². The van der Waals surface area contributed by atoms with Crippen LogP contribution < -0.4 is 10.6 Å². The summed E-state index contributed by atoms with van der Waals surface area (Å²) in [5, 5.41) is 5.98. The minimum atomic E-state index is -0.211. The molecule has 0 aliphatic heterocycles. The first-order valence-electron chi connectivity index (χ1n) is 6.65. The van der Waals surface area contributed by atoms with Crippen molar-refractivity contribution in [2.24, 2.45) is 0 Å². The molecule has 2 aromatic rings. The van der Waals surface area contributed by atoms with Gasteiger partial charge >= 0.3 is 0 Å². The van der Waals surface area contributed by atoms with Crippen LogP contribution in [0.3, 0.4) is 0 Å². The molecule has 0 radical (unpaired) electrons. The highest BCUT2D eigenvalue weighted by Crippen LogP contribution is 2.09. The molecule has 0 unspecified atom stereocenters. The summed E-state index contributed by atoms with van der Waals surface area (Å²) in [5.41, 5.74) is 2.29. The first-order valence-corrected chi connectivity index (χ1v) is 6.65. The zero-order chi connectivity index (χ0) is 14.9. The molecule has 0 aliphatic rings. The van der Waals surface area contributed by atoms with Gasteiger partial charge in [0, 0.05) is 44.5 Å². The second kappa shape index (κ2) is 7.96. The molecule has 2 aromatic heterocycles. The van der Waals surface area contributed by atoms with Crippen molar-refractivity contribution in [3.63, 3.8) is 0 Å². The molecule has 6 heteroatoms. The van der Waals surface area contributed by atoms with E-state index < -0.39 is 0 Å². The highest BCUT2D eigenvalue weighted by molar-refractivity contribution is 5.93. The third-order valence-electron chi connectivity index (χ3n) is 2.80. The SMILES string of the molecule is COCCNC(=O)c1cc(NCc2cccnc2)ccn1. The fourth-order valence-corrected chi connectivity index (χ4v) is 1.73. The summed E-state index contributed by atoms with van der Waals surface area (Å²) in [5.74, 6) is -0.211. The van der Waals surface area contributed by atoms with E-state index in [9.17, 15) is 4.79 Å². The number of hydrogen-bond donors (Lipinski definition) is 2. The van der Waals surface area contributed by atoms with Gasteiger partial charge in [-0.3, -0.25) is 14.8 Å². The smallest absolute Gasteiger partial charge is 0.270 e. The van der Waals surface area contributed by atoms with Crippen molar-refractivity contribution in [2.45, 2.75) is 6.54 Å². The third kappa shape index (κ3) is 4.85. The van der Waals surface area contributed by atoms with Gasteiger partial charge in [-0.2, -0.15) is 0 Å². The van der Waals surface area contributed by atoms with Crippen LogP contribution in [0, 0.1) is 0 Å². The largest absolute Gasteiger partial charge is 0.383 e. The van der Waals surface area contributed by atoms with E-state index in [0.717, 1.165) is 11.3 Å². The minimum Gasteiger partial charge on any atom is -0.383 e. The first-order chi connectivity index (χ1) is 10.3. The lowest BCUT2D eigenvalue weighted by molar-refractivity contribution is 0.0932. The van der Waals surface area contributed by atoms with Crippen LogP contribution in [0.2, 0.25) is 0 Å². The molecule has 2 rings (SSSR count). The zero-order valence-corrected chi connectivity index (χ0v) is 11.9. The average molecular weight is 286 g/mol. The Balaban J connectivity index is 1.92. The van der Waals surface area contributed by atoms with Crippen molar-refractivity contribution in [3.05, 3.63) is 54.1 Å². The Morgan fingerprint density at radius 1 is 1.33 bits per heavy atom. The summed E-state index contributed by atoms with van der Waals surface area (Å²) < 4.78 is 4.89. The van der Waals surface area contributed by atoms with Crippen LogP contribution in [0.5, 0.6) is 0 Å². The van der Waals surface area contributed by atoms with Gasteiger partial charge in [-0.25, -0.2) is 0 Å². The van der Waals surface area contributed by atoms with Gasteiger partial charge in [0.15, 0.2) is 0 Å². The lowest BCUT2D eigenvalue weighted by Crippen LogP contribution is -2.27. The molecule has 110 valence electrons. The van der Waals surface area contributed by atoms with E-state index in [-0.39, 0.29) is 5.91 Å². The monoisotopic (exact) mass is 286 g/mol. The maximum atomic E-state index is 11.9. The molecule has 6 nitrogen and oxygen atoms in total. The Labute approximate surface area is 123 Å². The van der Waals surface area contributed by atoms with Gasteiger partial charge in [-0.05, 0) is 23.8 Å². The molecule has 21 heavy (non-hydrogen) atoms. The molecule has 0 saturated carbocycles. The molecule has 0 aliphatic carbocycles. The maximum absolute atomic E-state index is 11.9. The fourth-order valence-electron chi connectivity index (χ4n) is 1.73. The molecule has 0 atom stereocenters. The normalized spacial score (nSPS) is 10.1. The van der Waals surface area contributed by atoms with Gasteiger partial charge in [0.25, 0.3) is 5.91 Å². The number of nitrogens with one attached hydrogen (secondary N) is 2. The molecule has 0 bridgehead atoms. The Morgan fingerprint density at radius 2 is 2.24 bits per heavy atom. The molecule has 0 fully saturated rings. The van der Waals surface area contributed by atoms with Crippen LogP contribution in [0.1, 0.15) is 16.1 Å². The molecule has 0 spiro atoms. The fraction of sp³-hybridized carbons (Fsp3) is 0.267. The minimum absolute atomic E-state index is 0.211. The zero-order valence-electron chi connectivity index (χ0n) is 11.9. The number of methoxy groups -OCH3 is 1. The van der Waals surface area contributed by atoms with Crippen molar-refractivity contribution < 1.29 is 9.53 Å². The van der Waals surface area contributed by atoms with Crippen molar-refractivity contribution in [1.29, 1.82) is 0 Å². The number of pyridine rings is 2. The third-order valence-corrected chi connectivity index (χ3v) is 2.80. The Kier molecular flexibility index (Phi) is 5.66. The molecular weight excluding hydrogens is 268 g/mol. The number of aromatic nitrogens is 2. The Hall–Kier alpha value is -2.47. The first kappa shape index (κ1) is 14.9. The van der Waals surface area contributed by atoms with E-state index in [1.54, 1.807) is 31.8 Å². The van der Waals surface area contributed by atoms with Crippen LogP contribution in [0.4, 0.5) is 5.69 Å². The molecule has 0 aromatic carbocycles. The number of nitrogens with zero attached hydrogens (tertiary/aromatic N) is 2. The van der Waals surface area contributed by atoms with Crippen LogP contribution in [-0.4, -0.2) is 36.1 Å². The summed E-state index contributed by atoms with van der Waals surface area (Å²) >= 11 is 0. The van der Waals surface area contributed by atoms with Gasteiger partial charge in [-0.15, -0.1) is 0 Å². The second-order valence-electron chi connectivity index (χ2n) is 4.39. The number of carbonyl (C=O) groups is 1. The van der Waals surface area contributed by atoms with Crippen molar-refractivity contribution >= 4 is 11.6 Å². The number of carbonyl (C=O) groups excluding carboxylic acids is 1. The van der Waals surface area contributed by atoms with E-state index in [1.807, 2.05) is 18.2 Å². The van der Waals surface area contributed by atoms with E-state index in [2.05, 4.69) is 20.6 Å². The average Bonchev–Trinajstić information content (AvgIpc) is 2.54. The summed E-state index contributed by atoms with van der Waals surface area (Å²) in [6.45, 7) is 1.58. The predicted octanol–water partition coefficient (Wildman–Crippen LogP) is 1.46. The van der Waals surface area contributed by atoms with E-state index in [1.165, 1.54) is 0 Å². The molecule has 0 saturated heterocycles. The summed E-state index contributed by atoms with van der Waals surface area (Å²) in [7, 11) is 1.59. The van der Waals surface area contributed by atoms with E-state index in [0.29, 0.717) is 25.4 Å². The van der Waals surface area contributed by atoms with Crippen molar-refractivity contribution in [3.8, 4) is 0 Å². The quantitative estimate of drug-likeness (QED) is 0.754. The van der Waals surface area contributed by atoms with Gasteiger partial charge < -0.3 is 15.4 Å². The lowest BCUT2D eigenvalue weighted by atomic mass is 10.2. The number of rotatable bonds is 7. The maximum Gasteiger partial charge on any atom is 0.270 e. The second-order valence-corrected chi connectivity index (χ2v) is 4.39. The van der Waals surface area contributed by atoms with E-state index in [4.69, 9.17) is 4.74 Å². The number of anilines is 1. The summed E-state index contributed by atoms with van der Waals surface area (Å²) in [6.07, 6.45) is 5.14. The predicted molar refractivity (Wildman–Crippen MR) is 80.0 cm³/mol. The molecule has 1 amide bonds. The Bertz CT molecular complexity index is 575. The van der Waals surface area contributed by atoms with Gasteiger partial charge in [-0.1, -0.05) is 6.07 Å². The lowest BCUT2D eigenvalue weighted by Gasteiger charge is -2.08. The summed E-state index contributed by atoms with van der Waals surface area (Å²) in [4.78, 5) is 20.0. The molecular formula is C15H18N4O2. The van der Waals surface area contributed by atoms with Crippen molar-refractivity contribution in [1.82, 2.24) is 15.3 Å². The Morgan fingerprint density at radius 3 is 3.00 bits per heavy atom. The van der Waals surface area contributed by atoms with Gasteiger partial charge in [0.2, 0.25) is 0 Å². The van der Waals surface area contributed by atoms with Crippen LogP contribution in [0.15, 0.2) is 42.9 Å². The number of hydrogen-bond acceptors (Lipinski definition) is 5. The topological polar surface area (TPSA) is 76.1 Å². The highest BCUT2D eigenvalue weighted by atomic mass is 16.5.